The Balaban J connectivity index is 1.80. The smallest absolute Gasteiger partial charge is 0.411 e. The zero-order valence-corrected chi connectivity index (χ0v) is 15.1. The summed E-state index contributed by atoms with van der Waals surface area (Å²) in [6.07, 6.45) is 2.05. The molecule has 0 atom stereocenters. The number of ether oxygens (including phenoxy) is 1. The van der Waals surface area contributed by atoms with E-state index in [9.17, 15) is 13.2 Å². The highest BCUT2D eigenvalue weighted by atomic mass is 32.2. The molecule has 2 heterocycles. The van der Waals surface area contributed by atoms with E-state index in [4.69, 9.17) is 4.74 Å². The highest BCUT2D eigenvalue weighted by molar-refractivity contribution is 7.90. The van der Waals surface area contributed by atoms with Gasteiger partial charge in [0.15, 0.2) is 0 Å². The van der Waals surface area contributed by atoms with E-state index in [-0.39, 0.29) is 18.3 Å². The van der Waals surface area contributed by atoms with E-state index < -0.39 is 21.5 Å². The van der Waals surface area contributed by atoms with Crippen LogP contribution in [0.4, 0.5) is 4.79 Å². The van der Waals surface area contributed by atoms with Crippen molar-refractivity contribution in [2.24, 2.45) is 0 Å². The lowest BCUT2D eigenvalue weighted by Crippen LogP contribution is -2.40. The normalized spacial score (nSPS) is 15.7. The molecule has 0 spiro atoms. The maximum atomic E-state index is 12.5. The number of rotatable bonds is 3. The predicted molar refractivity (Wildman–Crippen MR) is 90.3 cm³/mol. The van der Waals surface area contributed by atoms with Crippen LogP contribution < -0.4 is 0 Å². The van der Waals surface area contributed by atoms with Crippen LogP contribution >= 0.6 is 0 Å². The molecule has 0 N–H and O–H groups in total. The number of amides is 1. The maximum absolute atomic E-state index is 12.5. The predicted octanol–water partition coefficient (Wildman–Crippen LogP) is 2.27. The molecule has 0 bridgehead atoms. The van der Waals surface area contributed by atoms with E-state index in [0.29, 0.717) is 5.69 Å². The molecule has 132 valence electrons. The first kappa shape index (κ1) is 17.3. The van der Waals surface area contributed by atoms with Gasteiger partial charge in [-0.2, -0.15) is 0 Å². The van der Waals surface area contributed by atoms with Crippen molar-refractivity contribution in [1.82, 2.24) is 14.9 Å². The van der Waals surface area contributed by atoms with Gasteiger partial charge in [0, 0.05) is 18.0 Å². The number of fused-ring (bicyclic) bond motifs is 1. The van der Waals surface area contributed by atoms with Crippen molar-refractivity contribution >= 4 is 15.9 Å². The second kappa shape index (κ2) is 6.11. The summed E-state index contributed by atoms with van der Waals surface area (Å²) in [5.74, 6) is 0. The van der Waals surface area contributed by atoms with Crippen molar-refractivity contribution in [2.75, 3.05) is 6.26 Å². The van der Waals surface area contributed by atoms with Gasteiger partial charge in [0.2, 0.25) is 15.0 Å². The van der Waals surface area contributed by atoms with Crippen LogP contribution in [-0.2, 0) is 33.3 Å². The molecule has 2 aromatic rings. The monoisotopic (exact) mass is 361 g/mol. The lowest BCUT2D eigenvalue weighted by atomic mass is 9.98. The third-order valence-electron chi connectivity index (χ3n) is 4.24. The highest BCUT2D eigenvalue weighted by Gasteiger charge is 2.43. The average Bonchev–Trinajstić information content (AvgIpc) is 2.83. The summed E-state index contributed by atoms with van der Waals surface area (Å²) in [6, 6.07) is 9.40. The molecule has 0 aliphatic carbocycles. The fourth-order valence-electron chi connectivity index (χ4n) is 2.79. The van der Waals surface area contributed by atoms with Crippen molar-refractivity contribution in [2.45, 2.75) is 37.7 Å². The van der Waals surface area contributed by atoms with E-state index >= 15 is 0 Å². The van der Waals surface area contributed by atoms with Crippen LogP contribution in [0.25, 0.3) is 0 Å². The largest absolute Gasteiger partial charge is 0.445 e. The molecule has 8 heteroatoms. The first-order chi connectivity index (χ1) is 11.7. The van der Waals surface area contributed by atoms with Crippen molar-refractivity contribution in [3.05, 3.63) is 53.3 Å². The number of nitrogens with zero attached hydrogens (tertiary/aromatic N) is 3. The van der Waals surface area contributed by atoms with Gasteiger partial charge in [-0.15, -0.1) is 0 Å². The molecule has 1 aliphatic heterocycles. The Labute approximate surface area is 146 Å². The lowest BCUT2D eigenvalue weighted by Gasteiger charge is -2.31. The summed E-state index contributed by atoms with van der Waals surface area (Å²) >= 11 is 0. The molecular formula is C17H19N3O4S. The van der Waals surface area contributed by atoms with Gasteiger partial charge in [0.1, 0.15) is 6.61 Å². The van der Waals surface area contributed by atoms with Gasteiger partial charge in [-0.3, -0.25) is 4.90 Å². The number of aromatic nitrogens is 2. The average molecular weight is 361 g/mol. The number of hydrogen-bond donors (Lipinski definition) is 0. The summed E-state index contributed by atoms with van der Waals surface area (Å²) in [5, 5.41) is -0.235. The summed E-state index contributed by atoms with van der Waals surface area (Å²) < 4.78 is 28.7. The quantitative estimate of drug-likeness (QED) is 0.779. The maximum Gasteiger partial charge on any atom is 0.411 e. The van der Waals surface area contributed by atoms with Gasteiger partial charge in [0.05, 0.1) is 17.8 Å². The Kier molecular flexibility index (Phi) is 4.24. The van der Waals surface area contributed by atoms with Gasteiger partial charge in [0.25, 0.3) is 0 Å². The molecule has 0 saturated heterocycles. The van der Waals surface area contributed by atoms with E-state index in [1.54, 1.807) is 0 Å². The number of benzene rings is 1. The first-order valence-corrected chi connectivity index (χ1v) is 9.63. The van der Waals surface area contributed by atoms with E-state index in [0.717, 1.165) is 17.4 Å². The number of hydrogen-bond acceptors (Lipinski definition) is 6. The van der Waals surface area contributed by atoms with Crippen LogP contribution in [-0.4, -0.2) is 35.6 Å². The van der Waals surface area contributed by atoms with Crippen LogP contribution in [0.3, 0.4) is 0 Å². The van der Waals surface area contributed by atoms with Gasteiger partial charge in [-0.05, 0) is 19.4 Å². The summed E-state index contributed by atoms with van der Waals surface area (Å²) in [5.41, 5.74) is 1.46. The summed E-state index contributed by atoms with van der Waals surface area (Å²) in [7, 11) is -3.50. The molecule has 3 rings (SSSR count). The second-order valence-electron chi connectivity index (χ2n) is 6.47. The van der Waals surface area contributed by atoms with Crippen molar-refractivity contribution < 1.29 is 17.9 Å². The zero-order valence-electron chi connectivity index (χ0n) is 14.3. The molecule has 1 aliphatic rings. The third-order valence-corrected chi connectivity index (χ3v) is 5.10. The fraction of sp³-hybridized carbons (Fsp3) is 0.353. The minimum absolute atomic E-state index is 0.170. The molecule has 1 aromatic heterocycles. The second-order valence-corrected chi connectivity index (χ2v) is 8.38. The van der Waals surface area contributed by atoms with E-state index in [2.05, 4.69) is 9.97 Å². The minimum atomic E-state index is -3.50. The SMILES string of the molecule is CC1(C)c2cnc(S(C)(=O)=O)nc2CN1C(=O)OCc1ccccc1. The molecule has 0 fully saturated rings. The van der Waals surface area contributed by atoms with Gasteiger partial charge >= 0.3 is 6.09 Å². The molecule has 0 unspecified atom stereocenters. The number of carbonyl (C=O) groups excluding carboxylic acids is 1. The molecule has 7 nitrogen and oxygen atoms in total. The molecular weight excluding hydrogens is 342 g/mol. The fourth-order valence-corrected chi connectivity index (χ4v) is 3.31. The lowest BCUT2D eigenvalue weighted by molar-refractivity contribution is 0.0615. The van der Waals surface area contributed by atoms with Crippen LogP contribution in [0.1, 0.15) is 30.7 Å². The van der Waals surface area contributed by atoms with Crippen LogP contribution in [0.15, 0.2) is 41.7 Å². The Bertz CT molecular complexity index is 911. The molecule has 25 heavy (non-hydrogen) atoms. The van der Waals surface area contributed by atoms with E-state index in [1.807, 2.05) is 44.2 Å². The third kappa shape index (κ3) is 3.34. The Morgan fingerprint density at radius 3 is 2.60 bits per heavy atom. The standard InChI is InChI=1S/C17H19N3O4S/c1-17(2)13-9-18-15(25(3,22)23)19-14(13)10-20(17)16(21)24-11-12-7-5-4-6-8-12/h4-9H,10-11H2,1-3H3. The Hall–Kier alpha value is -2.48. The van der Waals surface area contributed by atoms with Crippen molar-refractivity contribution in [1.29, 1.82) is 0 Å². The summed E-state index contributed by atoms with van der Waals surface area (Å²) in [4.78, 5) is 22.1. The highest BCUT2D eigenvalue weighted by Crippen LogP contribution is 2.38. The Morgan fingerprint density at radius 2 is 1.96 bits per heavy atom. The molecule has 0 saturated carbocycles. The Morgan fingerprint density at radius 1 is 1.28 bits per heavy atom. The van der Waals surface area contributed by atoms with Crippen molar-refractivity contribution in [3.63, 3.8) is 0 Å². The van der Waals surface area contributed by atoms with Gasteiger partial charge < -0.3 is 4.74 Å². The number of sulfone groups is 1. The molecule has 1 amide bonds. The van der Waals surface area contributed by atoms with Gasteiger partial charge in [-0.1, -0.05) is 30.3 Å². The summed E-state index contributed by atoms with van der Waals surface area (Å²) in [6.45, 7) is 4.06. The minimum Gasteiger partial charge on any atom is -0.445 e. The van der Waals surface area contributed by atoms with E-state index in [1.165, 1.54) is 11.1 Å². The topological polar surface area (TPSA) is 89.5 Å². The van der Waals surface area contributed by atoms with Crippen molar-refractivity contribution in [3.8, 4) is 0 Å². The zero-order chi connectivity index (χ0) is 18.2. The number of carbonyl (C=O) groups is 1. The molecule has 0 radical (unpaired) electrons. The first-order valence-electron chi connectivity index (χ1n) is 7.74. The van der Waals surface area contributed by atoms with Crippen LogP contribution in [0.2, 0.25) is 0 Å². The molecule has 1 aromatic carbocycles. The van der Waals surface area contributed by atoms with Crippen LogP contribution in [0, 0.1) is 0 Å². The van der Waals surface area contributed by atoms with Crippen LogP contribution in [0.5, 0.6) is 0 Å². The van der Waals surface area contributed by atoms with Gasteiger partial charge in [-0.25, -0.2) is 23.2 Å².